The maximum Gasteiger partial charge on any atom is 0.155 e. The fourth-order valence-corrected chi connectivity index (χ4v) is 3.60. The van der Waals surface area contributed by atoms with E-state index in [1.165, 1.54) is 37.8 Å². The minimum atomic E-state index is 0.840. The van der Waals surface area contributed by atoms with Crippen molar-refractivity contribution in [2.45, 2.75) is 45.6 Å². The standard InChI is InChI=1S/C16H23BrN4/c1-2-12-3-5-13(6-4-12)7-18-8-14-9-20-16-10-19-15(17)11-21(14)16/h9-13,18H,2-8H2,1H3. The number of nitrogens with one attached hydrogen (secondary N) is 1. The Bertz CT molecular complexity index is 587. The monoisotopic (exact) mass is 350 g/mol. The highest BCUT2D eigenvalue weighted by molar-refractivity contribution is 9.10. The quantitative estimate of drug-likeness (QED) is 0.891. The maximum absolute atomic E-state index is 4.39. The van der Waals surface area contributed by atoms with Gasteiger partial charge in [-0.1, -0.05) is 26.2 Å². The van der Waals surface area contributed by atoms with E-state index in [0.717, 1.165) is 35.2 Å². The molecule has 1 aliphatic rings. The summed E-state index contributed by atoms with van der Waals surface area (Å²) in [5.74, 6) is 1.82. The van der Waals surface area contributed by atoms with Crippen LogP contribution in [0.15, 0.2) is 23.2 Å². The molecule has 0 amide bonds. The van der Waals surface area contributed by atoms with Crippen molar-refractivity contribution in [3.05, 3.63) is 28.9 Å². The summed E-state index contributed by atoms with van der Waals surface area (Å²) >= 11 is 3.41. The molecular weight excluding hydrogens is 328 g/mol. The van der Waals surface area contributed by atoms with Crippen LogP contribution in [0.25, 0.3) is 5.65 Å². The summed E-state index contributed by atoms with van der Waals surface area (Å²) in [6.45, 7) is 4.31. The van der Waals surface area contributed by atoms with Gasteiger partial charge in [-0.3, -0.25) is 4.40 Å². The Morgan fingerprint density at radius 2 is 1.95 bits per heavy atom. The molecule has 1 saturated carbocycles. The zero-order valence-electron chi connectivity index (χ0n) is 12.6. The molecule has 0 spiro atoms. The van der Waals surface area contributed by atoms with Gasteiger partial charge in [0.2, 0.25) is 0 Å². The van der Waals surface area contributed by atoms with E-state index >= 15 is 0 Å². The second kappa shape index (κ2) is 6.88. The molecule has 0 atom stereocenters. The van der Waals surface area contributed by atoms with Crippen molar-refractivity contribution in [2.75, 3.05) is 6.54 Å². The Morgan fingerprint density at radius 1 is 1.19 bits per heavy atom. The fraction of sp³-hybridized carbons (Fsp3) is 0.625. The van der Waals surface area contributed by atoms with E-state index in [4.69, 9.17) is 0 Å². The van der Waals surface area contributed by atoms with Crippen LogP contribution in [0.2, 0.25) is 0 Å². The lowest BCUT2D eigenvalue weighted by atomic mass is 9.81. The van der Waals surface area contributed by atoms with E-state index in [1.807, 2.05) is 12.4 Å². The summed E-state index contributed by atoms with van der Waals surface area (Å²) in [4.78, 5) is 8.59. The molecule has 0 saturated heterocycles. The van der Waals surface area contributed by atoms with Crippen LogP contribution in [0, 0.1) is 11.8 Å². The van der Waals surface area contributed by atoms with Crippen LogP contribution in [0.3, 0.4) is 0 Å². The van der Waals surface area contributed by atoms with Crippen LogP contribution in [0.4, 0.5) is 0 Å². The van der Waals surface area contributed by atoms with Gasteiger partial charge in [0.05, 0.1) is 18.1 Å². The number of hydrogen-bond donors (Lipinski definition) is 1. The maximum atomic E-state index is 4.39. The molecule has 2 aromatic heterocycles. The lowest BCUT2D eigenvalue weighted by Gasteiger charge is -2.27. The third-order valence-electron chi connectivity index (χ3n) is 4.72. The average molecular weight is 351 g/mol. The number of rotatable bonds is 5. The van der Waals surface area contributed by atoms with Crippen molar-refractivity contribution in [3.8, 4) is 0 Å². The van der Waals surface area contributed by atoms with E-state index in [-0.39, 0.29) is 0 Å². The number of fused-ring (bicyclic) bond motifs is 1. The predicted octanol–water partition coefficient (Wildman–Crippen LogP) is 3.80. The van der Waals surface area contributed by atoms with Gasteiger partial charge in [0.25, 0.3) is 0 Å². The van der Waals surface area contributed by atoms with Gasteiger partial charge in [0.15, 0.2) is 5.65 Å². The van der Waals surface area contributed by atoms with Crippen molar-refractivity contribution in [1.82, 2.24) is 19.7 Å². The molecule has 114 valence electrons. The lowest BCUT2D eigenvalue weighted by molar-refractivity contribution is 0.262. The van der Waals surface area contributed by atoms with Crippen LogP contribution >= 0.6 is 15.9 Å². The van der Waals surface area contributed by atoms with Crippen LogP contribution < -0.4 is 5.32 Å². The van der Waals surface area contributed by atoms with Gasteiger partial charge in [0, 0.05) is 12.7 Å². The summed E-state index contributed by atoms with van der Waals surface area (Å²) in [7, 11) is 0. The minimum absolute atomic E-state index is 0.840. The molecule has 4 nitrogen and oxygen atoms in total. The number of imidazole rings is 1. The van der Waals surface area contributed by atoms with Crippen molar-refractivity contribution in [3.63, 3.8) is 0 Å². The SMILES string of the molecule is CCC1CCC(CNCc2cnc3cnc(Br)cn23)CC1. The van der Waals surface area contributed by atoms with E-state index in [2.05, 4.69) is 42.5 Å². The highest BCUT2D eigenvalue weighted by Crippen LogP contribution is 2.30. The fourth-order valence-electron chi connectivity index (χ4n) is 3.30. The summed E-state index contributed by atoms with van der Waals surface area (Å²) in [6, 6.07) is 0. The van der Waals surface area contributed by atoms with Crippen LogP contribution in [-0.2, 0) is 6.54 Å². The van der Waals surface area contributed by atoms with Gasteiger partial charge in [-0.25, -0.2) is 9.97 Å². The van der Waals surface area contributed by atoms with Crippen molar-refractivity contribution in [1.29, 1.82) is 0 Å². The summed E-state index contributed by atoms with van der Waals surface area (Å²) in [6.07, 6.45) is 12.6. The molecule has 21 heavy (non-hydrogen) atoms. The number of aromatic nitrogens is 3. The van der Waals surface area contributed by atoms with Gasteiger partial charge in [0.1, 0.15) is 4.60 Å². The van der Waals surface area contributed by atoms with E-state index in [9.17, 15) is 0 Å². The summed E-state index contributed by atoms with van der Waals surface area (Å²) < 4.78 is 2.94. The molecule has 0 aliphatic heterocycles. The lowest BCUT2D eigenvalue weighted by Crippen LogP contribution is -2.26. The van der Waals surface area contributed by atoms with Crippen molar-refractivity contribution >= 4 is 21.6 Å². The first-order chi connectivity index (χ1) is 10.3. The van der Waals surface area contributed by atoms with E-state index in [0.29, 0.717) is 0 Å². The van der Waals surface area contributed by atoms with Crippen LogP contribution in [0.1, 0.15) is 44.7 Å². The number of nitrogens with zero attached hydrogens (tertiary/aromatic N) is 3. The third-order valence-corrected chi connectivity index (χ3v) is 5.13. The Kier molecular flexibility index (Phi) is 4.91. The summed E-state index contributed by atoms with van der Waals surface area (Å²) in [5, 5.41) is 3.61. The van der Waals surface area contributed by atoms with Gasteiger partial charge >= 0.3 is 0 Å². The second-order valence-electron chi connectivity index (χ2n) is 6.11. The van der Waals surface area contributed by atoms with Gasteiger partial charge in [-0.05, 0) is 47.2 Å². The molecule has 1 aliphatic carbocycles. The highest BCUT2D eigenvalue weighted by atomic mass is 79.9. The Hall–Kier alpha value is -0.940. The minimum Gasteiger partial charge on any atom is -0.311 e. The Balaban J connectivity index is 1.52. The molecule has 1 N–H and O–H groups in total. The van der Waals surface area contributed by atoms with Crippen LogP contribution in [0.5, 0.6) is 0 Å². The second-order valence-corrected chi connectivity index (χ2v) is 6.93. The Morgan fingerprint density at radius 3 is 2.71 bits per heavy atom. The predicted molar refractivity (Wildman–Crippen MR) is 88.1 cm³/mol. The molecule has 2 heterocycles. The summed E-state index contributed by atoms with van der Waals surface area (Å²) in [5.41, 5.74) is 2.09. The first-order valence-electron chi connectivity index (χ1n) is 7.94. The smallest absolute Gasteiger partial charge is 0.155 e. The number of hydrogen-bond acceptors (Lipinski definition) is 3. The van der Waals surface area contributed by atoms with Crippen molar-refractivity contribution in [2.24, 2.45) is 11.8 Å². The first-order valence-corrected chi connectivity index (χ1v) is 8.73. The molecule has 0 aromatic carbocycles. The third kappa shape index (κ3) is 3.64. The largest absolute Gasteiger partial charge is 0.311 e. The topological polar surface area (TPSA) is 42.2 Å². The average Bonchev–Trinajstić information content (AvgIpc) is 2.90. The van der Waals surface area contributed by atoms with Gasteiger partial charge in [-0.15, -0.1) is 0 Å². The normalized spacial score (nSPS) is 22.8. The first kappa shape index (κ1) is 15.0. The molecule has 0 unspecified atom stereocenters. The van der Waals surface area contributed by atoms with Gasteiger partial charge < -0.3 is 5.32 Å². The highest BCUT2D eigenvalue weighted by Gasteiger charge is 2.19. The van der Waals surface area contributed by atoms with Crippen molar-refractivity contribution < 1.29 is 0 Å². The van der Waals surface area contributed by atoms with E-state index < -0.39 is 0 Å². The Labute approximate surface area is 134 Å². The molecule has 5 heteroatoms. The number of halogens is 1. The zero-order valence-corrected chi connectivity index (χ0v) is 14.1. The molecule has 2 aromatic rings. The molecule has 0 radical (unpaired) electrons. The molecule has 3 rings (SSSR count). The molecular formula is C16H23BrN4. The van der Waals surface area contributed by atoms with Gasteiger partial charge in [-0.2, -0.15) is 0 Å². The van der Waals surface area contributed by atoms with E-state index in [1.54, 1.807) is 6.20 Å². The zero-order chi connectivity index (χ0) is 14.7. The molecule has 0 bridgehead atoms. The molecule has 1 fully saturated rings. The van der Waals surface area contributed by atoms with Crippen LogP contribution in [-0.4, -0.2) is 20.9 Å².